The lowest BCUT2D eigenvalue weighted by Gasteiger charge is -2.11. The summed E-state index contributed by atoms with van der Waals surface area (Å²) in [4.78, 5) is 24.3. The molecule has 0 unspecified atom stereocenters. The van der Waals surface area contributed by atoms with E-state index in [4.69, 9.17) is 9.47 Å². The molecule has 0 radical (unpaired) electrons. The number of rotatable bonds is 6. The van der Waals surface area contributed by atoms with Crippen LogP contribution in [0.5, 0.6) is 11.5 Å². The summed E-state index contributed by atoms with van der Waals surface area (Å²) in [5.74, 6) is -1.26. The lowest BCUT2D eigenvalue weighted by Crippen LogP contribution is -2.32. The first-order chi connectivity index (χ1) is 15.3. The Balaban J connectivity index is 1.67. The van der Waals surface area contributed by atoms with Gasteiger partial charge in [-0.15, -0.1) is 0 Å². The Morgan fingerprint density at radius 3 is 2.38 bits per heavy atom. The predicted molar refractivity (Wildman–Crippen MR) is 119 cm³/mol. The standard InChI is InChI=1S/C23H23FN4O4/c1-14-11-16(15(2)28(14)18-7-5-17(24)6-8-18)13-25-27-23(30)22(29)26-20-10-9-19(31-3)12-21(20)32-4/h5-13H,1-4H3,(H,26,29)(H,27,30)/b25-13-. The Hall–Kier alpha value is -4.14. The van der Waals surface area contributed by atoms with Crippen molar-refractivity contribution >= 4 is 23.7 Å². The number of halogens is 1. The van der Waals surface area contributed by atoms with Crippen molar-refractivity contribution in [1.82, 2.24) is 9.99 Å². The van der Waals surface area contributed by atoms with E-state index in [0.717, 1.165) is 22.6 Å². The summed E-state index contributed by atoms with van der Waals surface area (Å²) in [6.07, 6.45) is 1.45. The van der Waals surface area contributed by atoms with E-state index in [0.29, 0.717) is 17.2 Å². The van der Waals surface area contributed by atoms with E-state index in [9.17, 15) is 14.0 Å². The molecule has 1 heterocycles. The van der Waals surface area contributed by atoms with Gasteiger partial charge in [0.2, 0.25) is 0 Å². The van der Waals surface area contributed by atoms with Crippen LogP contribution >= 0.6 is 0 Å². The smallest absolute Gasteiger partial charge is 0.329 e. The second-order valence-corrected chi connectivity index (χ2v) is 6.86. The van der Waals surface area contributed by atoms with Gasteiger partial charge in [-0.3, -0.25) is 9.59 Å². The summed E-state index contributed by atoms with van der Waals surface area (Å²) < 4.78 is 25.5. The highest BCUT2D eigenvalue weighted by Crippen LogP contribution is 2.28. The zero-order chi connectivity index (χ0) is 23.3. The number of carbonyl (C=O) groups is 2. The van der Waals surface area contributed by atoms with Crippen molar-refractivity contribution < 1.29 is 23.5 Å². The van der Waals surface area contributed by atoms with Crippen LogP contribution < -0.4 is 20.2 Å². The molecule has 0 aliphatic carbocycles. The van der Waals surface area contributed by atoms with Crippen LogP contribution in [0.4, 0.5) is 10.1 Å². The highest BCUT2D eigenvalue weighted by Gasteiger charge is 2.16. The second kappa shape index (κ2) is 9.78. The molecule has 1 aromatic heterocycles. The highest BCUT2D eigenvalue weighted by molar-refractivity contribution is 6.39. The monoisotopic (exact) mass is 438 g/mol. The van der Waals surface area contributed by atoms with Gasteiger partial charge in [0.1, 0.15) is 17.3 Å². The number of hydrazone groups is 1. The van der Waals surface area contributed by atoms with Gasteiger partial charge in [0.25, 0.3) is 0 Å². The van der Waals surface area contributed by atoms with Gasteiger partial charge in [0, 0.05) is 28.7 Å². The molecule has 2 N–H and O–H groups in total. The summed E-state index contributed by atoms with van der Waals surface area (Å²) in [5, 5.41) is 6.36. The minimum Gasteiger partial charge on any atom is -0.497 e. The maximum atomic E-state index is 13.2. The molecule has 0 bridgehead atoms. The van der Waals surface area contributed by atoms with Crippen molar-refractivity contribution in [2.75, 3.05) is 19.5 Å². The predicted octanol–water partition coefficient (Wildman–Crippen LogP) is 3.34. The summed E-state index contributed by atoms with van der Waals surface area (Å²) in [6, 6.07) is 12.8. The van der Waals surface area contributed by atoms with Crippen LogP contribution in [0.2, 0.25) is 0 Å². The molecule has 0 saturated carbocycles. The SMILES string of the molecule is COc1ccc(NC(=O)C(=O)N/N=C\c2cc(C)n(-c3ccc(F)cc3)c2C)c(OC)c1. The fourth-order valence-electron chi connectivity index (χ4n) is 3.20. The first kappa shape index (κ1) is 22.5. The van der Waals surface area contributed by atoms with Gasteiger partial charge in [-0.05, 0) is 56.3 Å². The van der Waals surface area contributed by atoms with Gasteiger partial charge >= 0.3 is 11.8 Å². The number of anilines is 1. The first-order valence-electron chi connectivity index (χ1n) is 9.65. The maximum Gasteiger partial charge on any atom is 0.329 e. The third-order valence-corrected chi connectivity index (χ3v) is 4.79. The van der Waals surface area contributed by atoms with Crippen molar-refractivity contribution in [2.45, 2.75) is 13.8 Å². The molecule has 9 heteroatoms. The lowest BCUT2D eigenvalue weighted by atomic mass is 10.2. The molecule has 0 aliphatic heterocycles. The molecule has 32 heavy (non-hydrogen) atoms. The number of ether oxygens (including phenoxy) is 2. The number of nitrogens with one attached hydrogen (secondary N) is 2. The van der Waals surface area contributed by atoms with E-state index in [2.05, 4.69) is 15.8 Å². The average molecular weight is 438 g/mol. The number of benzene rings is 2. The summed E-state index contributed by atoms with van der Waals surface area (Å²) in [7, 11) is 2.95. The van der Waals surface area contributed by atoms with E-state index in [1.54, 1.807) is 30.3 Å². The Morgan fingerprint density at radius 1 is 1.00 bits per heavy atom. The van der Waals surface area contributed by atoms with E-state index >= 15 is 0 Å². The topological polar surface area (TPSA) is 94.0 Å². The number of carbonyl (C=O) groups excluding carboxylic acids is 2. The van der Waals surface area contributed by atoms with Crippen LogP contribution in [0.25, 0.3) is 5.69 Å². The molecule has 0 spiro atoms. The second-order valence-electron chi connectivity index (χ2n) is 6.86. The summed E-state index contributed by atoms with van der Waals surface area (Å²) >= 11 is 0. The van der Waals surface area contributed by atoms with Crippen LogP contribution in [0, 0.1) is 19.7 Å². The molecule has 3 rings (SSSR count). The van der Waals surface area contributed by atoms with E-state index < -0.39 is 11.8 Å². The summed E-state index contributed by atoms with van der Waals surface area (Å²) in [6.45, 7) is 3.78. The number of hydrogen-bond donors (Lipinski definition) is 2. The van der Waals surface area contributed by atoms with E-state index in [-0.39, 0.29) is 5.82 Å². The molecule has 166 valence electrons. The third kappa shape index (κ3) is 4.94. The quantitative estimate of drug-likeness (QED) is 0.351. The Kier molecular flexibility index (Phi) is 6.89. The van der Waals surface area contributed by atoms with Gasteiger partial charge in [-0.2, -0.15) is 5.10 Å². The number of aryl methyl sites for hydroxylation is 1. The maximum absolute atomic E-state index is 13.2. The lowest BCUT2D eigenvalue weighted by molar-refractivity contribution is -0.136. The molecule has 2 aromatic carbocycles. The van der Waals surface area contributed by atoms with Crippen LogP contribution in [0.15, 0.2) is 53.6 Å². The minimum absolute atomic E-state index is 0.314. The Bertz CT molecular complexity index is 1170. The summed E-state index contributed by atoms with van der Waals surface area (Å²) in [5.41, 5.74) is 5.83. The molecular weight excluding hydrogens is 415 g/mol. The largest absolute Gasteiger partial charge is 0.497 e. The van der Waals surface area contributed by atoms with Crippen LogP contribution in [-0.4, -0.2) is 36.8 Å². The molecule has 8 nitrogen and oxygen atoms in total. The van der Waals surface area contributed by atoms with Gasteiger partial charge in [-0.25, -0.2) is 9.82 Å². The molecule has 0 atom stereocenters. The minimum atomic E-state index is -0.938. The van der Waals surface area contributed by atoms with Crippen molar-refractivity contribution in [3.05, 3.63) is 71.3 Å². The van der Waals surface area contributed by atoms with Gasteiger partial charge < -0.3 is 19.4 Å². The van der Waals surface area contributed by atoms with Gasteiger partial charge in [0.15, 0.2) is 0 Å². The molecular formula is C23H23FN4O4. The fraction of sp³-hybridized carbons (Fsp3) is 0.174. The van der Waals surface area contributed by atoms with E-state index in [1.807, 2.05) is 24.5 Å². The average Bonchev–Trinajstić information content (AvgIpc) is 3.07. The van der Waals surface area contributed by atoms with Crippen LogP contribution in [-0.2, 0) is 9.59 Å². The normalized spacial score (nSPS) is 10.8. The number of methoxy groups -OCH3 is 2. The Labute approximate surface area is 184 Å². The van der Waals surface area contributed by atoms with Gasteiger partial charge in [-0.1, -0.05) is 0 Å². The third-order valence-electron chi connectivity index (χ3n) is 4.79. The number of nitrogens with zero attached hydrogens (tertiary/aromatic N) is 2. The molecule has 0 fully saturated rings. The molecule has 2 amide bonds. The highest BCUT2D eigenvalue weighted by atomic mass is 19.1. The number of hydrogen-bond acceptors (Lipinski definition) is 5. The van der Waals surface area contributed by atoms with Crippen molar-refractivity contribution in [3.8, 4) is 17.2 Å². The Morgan fingerprint density at radius 2 is 1.72 bits per heavy atom. The fourth-order valence-corrected chi connectivity index (χ4v) is 3.20. The molecule has 0 saturated heterocycles. The van der Waals surface area contributed by atoms with Crippen LogP contribution in [0.3, 0.4) is 0 Å². The molecule has 0 aliphatic rings. The molecule has 3 aromatic rings. The number of amides is 2. The van der Waals surface area contributed by atoms with Crippen molar-refractivity contribution in [1.29, 1.82) is 0 Å². The number of aromatic nitrogens is 1. The first-order valence-corrected chi connectivity index (χ1v) is 9.65. The zero-order valence-corrected chi connectivity index (χ0v) is 18.1. The van der Waals surface area contributed by atoms with Gasteiger partial charge in [0.05, 0.1) is 26.1 Å². The van der Waals surface area contributed by atoms with Crippen LogP contribution in [0.1, 0.15) is 17.0 Å². The zero-order valence-electron chi connectivity index (χ0n) is 18.1. The van der Waals surface area contributed by atoms with Crippen molar-refractivity contribution in [2.24, 2.45) is 5.10 Å². The van der Waals surface area contributed by atoms with E-state index in [1.165, 1.54) is 32.6 Å². The van der Waals surface area contributed by atoms with Crippen molar-refractivity contribution in [3.63, 3.8) is 0 Å².